The van der Waals surface area contributed by atoms with E-state index in [9.17, 15) is 4.79 Å². The molecule has 0 aliphatic carbocycles. The highest BCUT2D eigenvalue weighted by molar-refractivity contribution is 5.94. The predicted molar refractivity (Wildman–Crippen MR) is 92.5 cm³/mol. The van der Waals surface area contributed by atoms with Gasteiger partial charge < -0.3 is 10.2 Å². The van der Waals surface area contributed by atoms with Crippen LogP contribution in [0.5, 0.6) is 0 Å². The fraction of sp³-hybridized carbons (Fsp3) is 0.368. The molecule has 1 aromatic carbocycles. The summed E-state index contributed by atoms with van der Waals surface area (Å²) in [7, 11) is 0. The van der Waals surface area contributed by atoms with Crippen molar-refractivity contribution in [2.24, 2.45) is 0 Å². The van der Waals surface area contributed by atoms with Crippen molar-refractivity contribution in [3.8, 4) is 0 Å². The Labute approximate surface area is 137 Å². The smallest absolute Gasteiger partial charge is 0.255 e. The van der Waals surface area contributed by atoms with Gasteiger partial charge in [-0.25, -0.2) is 0 Å². The van der Waals surface area contributed by atoms with Gasteiger partial charge in [-0.15, -0.1) is 0 Å². The Morgan fingerprint density at radius 3 is 2.61 bits per heavy atom. The molecule has 23 heavy (non-hydrogen) atoms. The molecule has 1 aliphatic rings. The predicted octanol–water partition coefficient (Wildman–Crippen LogP) is 3.88. The van der Waals surface area contributed by atoms with Crippen molar-refractivity contribution in [2.75, 3.05) is 18.4 Å². The lowest BCUT2D eigenvalue weighted by atomic mass is 10.1. The van der Waals surface area contributed by atoms with Gasteiger partial charge in [-0.1, -0.05) is 30.3 Å². The maximum Gasteiger partial charge on any atom is 0.255 e. The molecule has 1 amide bonds. The third-order valence-electron chi connectivity index (χ3n) is 4.31. The van der Waals surface area contributed by atoms with E-state index in [1.165, 1.54) is 12.0 Å². The van der Waals surface area contributed by atoms with Crippen LogP contribution in [0.25, 0.3) is 0 Å². The van der Waals surface area contributed by atoms with Crippen molar-refractivity contribution in [2.45, 2.75) is 32.2 Å². The van der Waals surface area contributed by atoms with Crippen LogP contribution >= 0.6 is 0 Å². The van der Waals surface area contributed by atoms with Crippen LogP contribution in [-0.4, -0.2) is 28.9 Å². The molecular weight excluding hydrogens is 286 g/mol. The van der Waals surface area contributed by atoms with Crippen molar-refractivity contribution in [1.82, 2.24) is 9.88 Å². The van der Waals surface area contributed by atoms with E-state index in [1.54, 1.807) is 12.4 Å². The van der Waals surface area contributed by atoms with Crippen molar-refractivity contribution >= 4 is 11.6 Å². The number of aromatic nitrogens is 1. The number of pyridine rings is 1. The molecule has 2 heterocycles. The van der Waals surface area contributed by atoms with E-state index >= 15 is 0 Å². The minimum Gasteiger partial charge on any atom is -0.377 e. The molecule has 3 rings (SSSR count). The summed E-state index contributed by atoms with van der Waals surface area (Å²) in [4.78, 5) is 18.7. The van der Waals surface area contributed by atoms with Gasteiger partial charge in [-0.2, -0.15) is 0 Å². The molecule has 1 unspecified atom stereocenters. The summed E-state index contributed by atoms with van der Waals surface area (Å²) in [6.07, 6.45) is 6.85. The summed E-state index contributed by atoms with van der Waals surface area (Å²) in [5.41, 5.74) is 2.75. The van der Waals surface area contributed by atoms with Gasteiger partial charge in [0.1, 0.15) is 0 Å². The number of anilines is 1. The average molecular weight is 309 g/mol. The molecule has 0 radical (unpaired) electrons. The summed E-state index contributed by atoms with van der Waals surface area (Å²) >= 11 is 0. The number of nitrogens with one attached hydrogen (secondary N) is 1. The highest BCUT2D eigenvalue weighted by atomic mass is 16.2. The lowest BCUT2D eigenvalue weighted by molar-refractivity contribution is 0.0724. The number of carbonyl (C=O) groups excluding carboxylic acids is 1. The van der Waals surface area contributed by atoms with Crippen LogP contribution in [-0.2, 0) is 0 Å². The van der Waals surface area contributed by atoms with E-state index in [0.29, 0.717) is 5.56 Å². The van der Waals surface area contributed by atoms with Gasteiger partial charge in [0, 0.05) is 31.5 Å². The molecule has 2 aromatic rings. The minimum absolute atomic E-state index is 0.0909. The lowest BCUT2D eigenvalue weighted by Gasteiger charge is -2.26. The molecule has 1 atom stereocenters. The van der Waals surface area contributed by atoms with Gasteiger partial charge in [-0.05, 0) is 37.8 Å². The zero-order valence-electron chi connectivity index (χ0n) is 13.5. The second-order valence-corrected chi connectivity index (χ2v) is 6.09. The summed E-state index contributed by atoms with van der Waals surface area (Å²) < 4.78 is 0. The normalized spacial score (nSPS) is 16.0. The molecular formula is C19H23N3O. The van der Waals surface area contributed by atoms with Crippen molar-refractivity contribution in [3.63, 3.8) is 0 Å². The van der Waals surface area contributed by atoms with Crippen LogP contribution in [0, 0.1) is 0 Å². The molecule has 1 saturated heterocycles. The van der Waals surface area contributed by atoms with Gasteiger partial charge in [0.25, 0.3) is 5.91 Å². The fourth-order valence-corrected chi connectivity index (χ4v) is 2.99. The second-order valence-electron chi connectivity index (χ2n) is 6.09. The van der Waals surface area contributed by atoms with Crippen molar-refractivity contribution in [3.05, 3.63) is 59.9 Å². The summed E-state index contributed by atoms with van der Waals surface area (Å²) in [5.74, 6) is 0.0909. The standard InChI is InChI=1S/C19H23N3O/c1-15(16-8-4-2-5-9-16)21-18-12-17(13-20-14-18)19(23)22-10-6-3-7-11-22/h2,4-5,8-9,12-15,21H,3,6-7,10-11H2,1H3. The van der Waals surface area contributed by atoms with E-state index in [-0.39, 0.29) is 11.9 Å². The first-order valence-electron chi connectivity index (χ1n) is 8.30. The maximum absolute atomic E-state index is 12.6. The van der Waals surface area contributed by atoms with Gasteiger partial charge >= 0.3 is 0 Å². The van der Waals surface area contributed by atoms with Crippen LogP contribution in [0.1, 0.15) is 48.1 Å². The van der Waals surface area contributed by atoms with Crippen LogP contribution in [0.2, 0.25) is 0 Å². The second kappa shape index (κ2) is 7.27. The highest BCUT2D eigenvalue weighted by Gasteiger charge is 2.18. The summed E-state index contributed by atoms with van der Waals surface area (Å²) in [6.45, 7) is 3.82. The third kappa shape index (κ3) is 3.89. The largest absolute Gasteiger partial charge is 0.377 e. The minimum atomic E-state index is 0.0909. The number of piperidine rings is 1. The number of rotatable bonds is 4. The first kappa shape index (κ1) is 15.5. The lowest BCUT2D eigenvalue weighted by Crippen LogP contribution is -2.35. The quantitative estimate of drug-likeness (QED) is 0.932. The van der Waals surface area contributed by atoms with Crippen LogP contribution < -0.4 is 5.32 Å². The number of hydrogen-bond donors (Lipinski definition) is 1. The van der Waals surface area contributed by atoms with Gasteiger partial charge in [0.15, 0.2) is 0 Å². The number of carbonyl (C=O) groups is 1. The maximum atomic E-state index is 12.6. The SMILES string of the molecule is CC(Nc1cncc(C(=O)N2CCCCC2)c1)c1ccccc1. The highest BCUT2D eigenvalue weighted by Crippen LogP contribution is 2.20. The number of benzene rings is 1. The molecule has 1 aromatic heterocycles. The van der Waals surface area contributed by atoms with E-state index in [1.807, 2.05) is 29.2 Å². The van der Waals surface area contributed by atoms with Crippen LogP contribution in [0.4, 0.5) is 5.69 Å². The van der Waals surface area contributed by atoms with Gasteiger partial charge in [0.05, 0.1) is 11.3 Å². The number of likely N-dealkylation sites (tertiary alicyclic amines) is 1. The van der Waals surface area contributed by atoms with Crippen molar-refractivity contribution < 1.29 is 4.79 Å². The summed E-state index contributed by atoms with van der Waals surface area (Å²) in [5, 5.41) is 3.42. The Hall–Kier alpha value is -2.36. The molecule has 1 aliphatic heterocycles. The Balaban J connectivity index is 1.71. The number of amides is 1. The molecule has 1 fully saturated rings. The Bertz CT molecular complexity index is 651. The molecule has 4 heteroatoms. The zero-order valence-corrected chi connectivity index (χ0v) is 13.5. The number of hydrogen-bond acceptors (Lipinski definition) is 3. The molecule has 0 bridgehead atoms. The van der Waals surface area contributed by atoms with E-state index in [2.05, 4.69) is 29.4 Å². The average Bonchev–Trinajstić information content (AvgIpc) is 2.63. The topological polar surface area (TPSA) is 45.2 Å². The first-order chi connectivity index (χ1) is 11.2. The van der Waals surface area contributed by atoms with Crippen LogP contribution in [0.15, 0.2) is 48.8 Å². The molecule has 0 saturated carbocycles. The van der Waals surface area contributed by atoms with E-state index in [0.717, 1.165) is 31.6 Å². The monoisotopic (exact) mass is 309 g/mol. The third-order valence-corrected chi connectivity index (χ3v) is 4.31. The zero-order chi connectivity index (χ0) is 16.1. The molecule has 120 valence electrons. The Morgan fingerprint density at radius 1 is 1.13 bits per heavy atom. The first-order valence-corrected chi connectivity index (χ1v) is 8.30. The van der Waals surface area contributed by atoms with Gasteiger partial charge in [0.2, 0.25) is 0 Å². The molecule has 1 N–H and O–H groups in total. The van der Waals surface area contributed by atoms with Crippen molar-refractivity contribution in [1.29, 1.82) is 0 Å². The Morgan fingerprint density at radius 2 is 1.87 bits per heavy atom. The number of nitrogens with zero attached hydrogens (tertiary/aromatic N) is 2. The Kier molecular flexibility index (Phi) is 4.91. The molecule has 0 spiro atoms. The van der Waals surface area contributed by atoms with Crippen LogP contribution in [0.3, 0.4) is 0 Å². The van der Waals surface area contributed by atoms with Gasteiger partial charge in [-0.3, -0.25) is 9.78 Å². The molecule has 4 nitrogen and oxygen atoms in total. The fourth-order valence-electron chi connectivity index (χ4n) is 2.99. The van der Waals surface area contributed by atoms with E-state index in [4.69, 9.17) is 0 Å². The van der Waals surface area contributed by atoms with E-state index < -0.39 is 0 Å². The summed E-state index contributed by atoms with van der Waals surface area (Å²) in [6, 6.07) is 12.3.